The lowest BCUT2D eigenvalue weighted by atomic mass is 10.2. The van der Waals surface area contributed by atoms with E-state index in [4.69, 9.17) is 4.98 Å². The summed E-state index contributed by atoms with van der Waals surface area (Å²) in [6.07, 6.45) is 11.4. The maximum Gasteiger partial charge on any atom is 0.272 e. The third-order valence-corrected chi connectivity index (χ3v) is 5.78. The molecule has 0 saturated heterocycles. The topological polar surface area (TPSA) is 51.3 Å². The van der Waals surface area contributed by atoms with Gasteiger partial charge in [0.15, 0.2) is 5.69 Å². The molecule has 1 saturated carbocycles. The maximum absolute atomic E-state index is 12.9. The van der Waals surface area contributed by atoms with Crippen molar-refractivity contribution >= 4 is 11.4 Å². The van der Waals surface area contributed by atoms with Crippen LogP contribution in [0, 0.1) is 0 Å². The van der Waals surface area contributed by atoms with E-state index in [1.807, 2.05) is 59.1 Å². The highest BCUT2D eigenvalue weighted by atomic mass is 16.1. The Kier molecular flexibility index (Phi) is 4.64. The number of aromatic nitrogens is 3. The largest absolute Gasteiger partial charge is 0.351 e. The van der Waals surface area contributed by atoms with Crippen molar-refractivity contribution < 1.29 is 4.79 Å². The monoisotopic (exact) mass is 384 g/mol. The summed E-state index contributed by atoms with van der Waals surface area (Å²) in [5.41, 5.74) is 3.39. The minimum atomic E-state index is -0.154. The second-order valence-corrected chi connectivity index (χ2v) is 7.69. The summed E-state index contributed by atoms with van der Waals surface area (Å²) in [6, 6.07) is 18.5. The Balaban J connectivity index is 1.45. The third-order valence-electron chi connectivity index (χ3n) is 5.78. The van der Waals surface area contributed by atoms with E-state index >= 15 is 0 Å². The van der Waals surface area contributed by atoms with Gasteiger partial charge < -0.3 is 9.88 Å². The zero-order chi connectivity index (χ0) is 19.6. The molecule has 0 unspecified atom stereocenters. The van der Waals surface area contributed by atoms with Crippen LogP contribution in [0.5, 0.6) is 0 Å². The molecule has 0 aliphatic heterocycles. The Bertz CT molecular complexity index is 1140. The van der Waals surface area contributed by atoms with E-state index in [0.717, 1.165) is 22.5 Å². The number of hydrogen-bond acceptors (Lipinski definition) is 2. The smallest absolute Gasteiger partial charge is 0.272 e. The minimum Gasteiger partial charge on any atom is -0.351 e. The van der Waals surface area contributed by atoms with Crippen molar-refractivity contribution in [1.82, 2.24) is 19.3 Å². The fourth-order valence-electron chi connectivity index (χ4n) is 4.25. The number of carbonyl (C=O) groups is 1. The van der Waals surface area contributed by atoms with E-state index in [1.165, 1.54) is 25.7 Å². The highest BCUT2D eigenvalue weighted by Gasteiger charge is 2.21. The molecule has 1 N–H and O–H groups in total. The zero-order valence-electron chi connectivity index (χ0n) is 16.3. The zero-order valence-corrected chi connectivity index (χ0v) is 16.3. The average molecular weight is 384 g/mol. The molecule has 1 aromatic carbocycles. The van der Waals surface area contributed by atoms with Gasteiger partial charge >= 0.3 is 0 Å². The van der Waals surface area contributed by atoms with Crippen LogP contribution in [0.25, 0.3) is 16.9 Å². The lowest BCUT2D eigenvalue weighted by molar-refractivity contribution is 0.0948. The van der Waals surface area contributed by atoms with E-state index < -0.39 is 0 Å². The van der Waals surface area contributed by atoms with Crippen LogP contribution in [-0.4, -0.2) is 19.9 Å². The fourth-order valence-corrected chi connectivity index (χ4v) is 4.25. The molecule has 3 heterocycles. The molecule has 5 heteroatoms. The molecule has 0 radical (unpaired) electrons. The molecule has 4 aromatic rings. The number of pyridine rings is 1. The van der Waals surface area contributed by atoms with Crippen molar-refractivity contribution in [3.05, 3.63) is 84.4 Å². The van der Waals surface area contributed by atoms with Gasteiger partial charge in [-0.2, -0.15) is 0 Å². The molecule has 0 spiro atoms. The van der Waals surface area contributed by atoms with Crippen molar-refractivity contribution in [1.29, 1.82) is 0 Å². The molecule has 1 aliphatic rings. The van der Waals surface area contributed by atoms with Gasteiger partial charge in [0.05, 0.1) is 5.52 Å². The van der Waals surface area contributed by atoms with Gasteiger partial charge in [0.2, 0.25) is 0 Å². The van der Waals surface area contributed by atoms with Crippen molar-refractivity contribution in [2.45, 2.75) is 38.3 Å². The first-order valence-electron chi connectivity index (χ1n) is 10.3. The first kappa shape index (κ1) is 17.7. The SMILES string of the molecule is O=C(NCc1ccccc1)c1nc(-c2ccn(C3CCCC3)c2)n2ccccc12. The van der Waals surface area contributed by atoms with Gasteiger partial charge in [-0.25, -0.2) is 4.98 Å². The Labute approximate surface area is 170 Å². The van der Waals surface area contributed by atoms with Gasteiger partial charge in [-0.3, -0.25) is 9.20 Å². The highest BCUT2D eigenvalue weighted by Crippen LogP contribution is 2.32. The minimum absolute atomic E-state index is 0.154. The molecule has 5 rings (SSSR count). The van der Waals surface area contributed by atoms with Crippen molar-refractivity contribution in [3.63, 3.8) is 0 Å². The van der Waals surface area contributed by atoms with Crippen molar-refractivity contribution in [2.75, 3.05) is 0 Å². The van der Waals surface area contributed by atoms with Gasteiger partial charge in [-0.15, -0.1) is 0 Å². The van der Waals surface area contributed by atoms with Crippen LogP contribution in [0.15, 0.2) is 73.2 Å². The second-order valence-electron chi connectivity index (χ2n) is 7.69. The normalized spacial score (nSPS) is 14.5. The summed E-state index contributed by atoms with van der Waals surface area (Å²) >= 11 is 0. The van der Waals surface area contributed by atoms with Gasteiger partial charge in [-0.05, 0) is 36.6 Å². The number of fused-ring (bicyclic) bond motifs is 1. The molecule has 146 valence electrons. The molecule has 0 atom stereocenters. The average Bonchev–Trinajstić information content (AvgIpc) is 3.51. The first-order chi connectivity index (χ1) is 14.3. The molecular weight excluding hydrogens is 360 g/mol. The van der Waals surface area contributed by atoms with Crippen LogP contribution in [0.3, 0.4) is 0 Å². The Hall–Kier alpha value is -3.34. The van der Waals surface area contributed by atoms with Crippen LogP contribution in [0.2, 0.25) is 0 Å². The van der Waals surface area contributed by atoms with Crippen LogP contribution in [0.1, 0.15) is 47.8 Å². The molecular formula is C24H24N4O. The first-order valence-corrected chi connectivity index (χ1v) is 10.3. The summed E-state index contributed by atoms with van der Waals surface area (Å²) in [5.74, 6) is 0.654. The number of benzene rings is 1. The Morgan fingerprint density at radius 3 is 2.62 bits per heavy atom. The summed E-state index contributed by atoms with van der Waals surface area (Å²) in [6.45, 7) is 0.485. The molecule has 3 aromatic heterocycles. The maximum atomic E-state index is 12.9. The highest BCUT2D eigenvalue weighted by molar-refractivity contribution is 6.00. The molecule has 29 heavy (non-hydrogen) atoms. The van der Waals surface area contributed by atoms with E-state index in [1.54, 1.807) is 0 Å². The third kappa shape index (κ3) is 3.44. The Morgan fingerprint density at radius 1 is 1.00 bits per heavy atom. The summed E-state index contributed by atoms with van der Waals surface area (Å²) in [4.78, 5) is 17.6. The fraction of sp³-hybridized carbons (Fsp3) is 0.250. The number of imidazole rings is 1. The lowest BCUT2D eigenvalue weighted by Gasteiger charge is -2.10. The molecule has 5 nitrogen and oxygen atoms in total. The molecule has 1 amide bonds. The van der Waals surface area contributed by atoms with Crippen LogP contribution in [0.4, 0.5) is 0 Å². The van der Waals surface area contributed by atoms with Gasteiger partial charge in [-0.1, -0.05) is 49.2 Å². The molecule has 0 bridgehead atoms. The number of nitrogens with zero attached hydrogens (tertiary/aromatic N) is 3. The summed E-state index contributed by atoms with van der Waals surface area (Å²) in [7, 11) is 0. The summed E-state index contributed by atoms with van der Waals surface area (Å²) in [5, 5.41) is 3.00. The Morgan fingerprint density at radius 2 is 1.79 bits per heavy atom. The predicted octanol–water partition coefficient (Wildman–Crippen LogP) is 4.85. The lowest BCUT2D eigenvalue weighted by Crippen LogP contribution is -2.23. The van der Waals surface area contributed by atoms with E-state index in [0.29, 0.717) is 18.3 Å². The molecule has 1 fully saturated rings. The number of nitrogens with one attached hydrogen (secondary N) is 1. The number of hydrogen-bond donors (Lipinski definition) is 1. The number of carbonyl (C=O) groups excluding carboxylic acids is 1. The predicted molar refractivity (Wildman–Crippen MR) is 114 cm³/mol. The van der Waals surface area contributed by atoms with Crippen molar-refractivity contribution in [3.8, 4) is 11.4 Å². The molecule has 1 aliphatic carbocycles. The standard InChI is InChI=1S/C24H24N4O/c29-24(25-16-18-8-2-1-3-9-18)22-21-12-6-7-14-28(21)23(26-22)19-13-15-27(17-19)20-10-4-5-11-20/h1-3,6-9,12-15,17,20H,4-5,10-11,16H2,(H,25,29). The van der Waals surface area contributed by atoms with Crippen LogP contribution < -0.4 is 5.32 Å². The van der Waals surface area contributed by atoms with E-state index in [-0.39, 0.29) is 5.91 Å². The quantitative estimate of drug-likeness (QED) is 0.535. The van der Waals surface area contributed by atoms with Crippen LogP contribution in [-0.2, 0) is 6.54 Å². The van der Waals surface area contributed by atoms with E-state index in [2.05, 4.69) is 28.3 Å². The number of amides is 1. The van der Waals surface area contributed by atoms with Gasteiger partial charge in [0.1, 0.15) is 5.82 Å². The van der Waals surface area contributed by atoms with Crippen LogP contribution >= 0.6 is 0 Å². The van der Waals surface area contributed by atoms with E-state index in [9.17, 15) is 4.79 Å². The number of rotatable bonds is 5. The summed E-state index contributed by atoms with van der Waals surface area (Å²) < 4.78 is 4.31. The second kappa shape index (κ2) is 7.59. The van der Waals surface area contributed by atoms with Gasteiger partial charge in [0.25, 0.3) is 5.91 Å². The van der Waals surface area contributed by atoms with Gasteiger partial charge in [0, 0.05) is 36.7 Å². The van der Waals surface area contributed by atoms with Crippen molar-refractivity contribution in [2.24, 2.45) is 0 Å².